The average molecular weight is 465 g/mol. The highest BCUT2D eigenvalue weighted by Crippen LogP contribution is 2.27. The molecule has 0 atom stereocenters. The predicted molar refractivity (Wildman–Crippen MR) is 140 cm³/mol. The van der Waals surface area contributed by atoms with Gasteiger partial charge < -0.3 is 15.6 Å². The van der Waals surface area contributed by atoms with Gasteiger partial charge >= 0.3 is 0 Å². The summed E-state index contributed by atoms with van der Waals surface area (Å²) >= 11 is 0. The van der Waals surface area contributed by atoms with Gasteiger partial charge in [-0.25, -0.2) is 9.83 Å². The van der Waals surface area contributed by atoms with Crippen LogP contribution in [0.2, 0.25) is 0 Å². The molecular formula is C28H28N6O. The predicted octanol–water partition coefficient (Wildman–Crippen LogP) is 4.63. The van der Waals surface area contributed by atoms with Gasteiger partial charge in [-0.2, -0.15) is 0 Å². The molecule has 3 heterocycles. The maximum atomic E-state index is 12.2. The summed E-state index contributed by atoms with van der Waals surface area (Å²) in [4.78, 5) is 28.4. The van der Waals surface area contributed by atoms with E-state index in [4.69, 9.17) is 12.3 Å². The van der Waals surface area contributed by atoms with E-state index in [2.05, 4.69) is 30.8 Å². The fourth-order valence-corrected chi connectivity index (χ4v) is 4.80. The highest BCUT2D eigenvalue weighted by molar-refractivity contribution is 5.99. The van der Waals surface area contributed by atoms with Gasteiger partial charge in [0.05, 0.1) is 12.1 Å². The normalized spacial score (nSPS) is 14.2. The Balaban J connectivity index is 1.19. The van der Waals surface area contributed by atoms with Crippen molar-refractivity contribution in [3.63, 3.8) is 0 Å². The summed E-state index contributed by atoms with van der Waals surface area (Å²) < 4.78 is 0. The number of aryl methyl sites for hydroxylation is 1. The summed E-state index contributed by atoms with van der Waals surface area (Å²) in [7, 11) is 0. The van der Waals surface area contributed by atoms with E-state index < -0.39 is 5.91 Å². The number of hydrogen-bond acceptors (Lipinski definition) is 4. The molecule has 0 spiro atoms. The minimum absolute atomic E-state index is 0.451. The lowest BCUT2D eigenvalue weighted by Gasteiger charge is -2.36. The molecule has 0 aliphatic carbocycles. The van der Waals surface area contributed by atoms with Gasteiger partial charge in [0.1, 0.15) is 5.82 Å². The third-order valence-corrected chi connectivity index (χ3v) is 6.71. The number of primary amides is 1. The van der Waals surface area contributed by atoms with Gasteiger partial charge in [-0.3, -0.25) is 9.69 Å². The zero-order chi connectivity index (χ0) is 24.2. The Kier molecular flexibility index (Phi) is 6.47. The second-order valence-corrected chi connectivity index (χ2v) is 8.91. The second-order valence-electron chi connectivity index (χ2n) is 8.91. The number of nitrogens with two attached hydrogens (primary N) is 1. The number of carbonyl (C=O) groups excluding carboxylic acids is 1. The number of rotatable bonds is 7. The zero-order valence-corrected chi connectivity index (χ0v) is 19.6. The highest BCUT2D eigenvalue weighted by atomic mass is 16.1. The third-order valence-electron chi connectivity index (χ3n) is 6.71. The lowest BCUT2D eigenvalue weighted by Crippen LogP contribution is -2.47. The lowest BCUT2D eigenvalue weighted by atomic mass is 10.0. The molecule has 7 heteroatoms. The fraction of sp³-hybridized carbons (Fsp3) is 0.250. The average Bonchev–Trinajstić information content (AvgIpc) is 3.31. The van der Waals surface area contributed by atoms with E-state index in [0.29, 0.717) is 17.1 Å². The number of carbonyl (C=O) groups is 1. The number of H-pyrrole nitrogens is 1. The van der Waals surface area contributed by atoms with Crippen molar-refractivity contribution in [3.05, 3.63) is 89.5 Å². The summed E-state index contributed by atoms with van der Waals surface area (Å²) in [5.41, 5.74) is 11.1. The number of nitrogens with one attached hydrogen (secondary N) is 1. The van der Waals surface area contributed by atoms with Gasteiger partial charge in [0.25, 0.3) is 5.91 Å². The number of fused-ring (bicyclic) bond motifs is 1. The van der Waals surface area contributed by atoms with Crippen molar-refractivity contribution in [2.75, 3.05) is 37.6 Å². The molecule has 0 radical (unpaired) electrons. The maximum absolute atomic E-state index is 12.2. The molecule has 7 nitrogen and oxygen atoms in total. The smallest absolute Gasteiger partial charge is 0.252 e. The first kappa shape index (κ1) is 22.6. The zero-order valence-electron chi connectivity index (χ0n) is 19.6. The molecule has 176 valence electrons. The van der Waals surface area contributed by atoms with Crippen molar-refractivity contribution in [1.82, 2.24) is 14.9 Å². The van der Waals surface area contributed by atoms with Crippen molar-refractivity contribution < 1.29 is 4.79 Å². The van der Waals surface area contributed by atoms with Crippen molar-refractivity contribution in [1.29, 1.82) is 0 Å². The van der Waals surface area contributed by atoms with E-state index in [1.807, 2.05) is 60.8 Å². The van der Waals surface area contributed by atoms with Gasteiger partial charge in [0.15, 0.2) is 5.69 Å². The molecule has 1 aliphatic rings. The van der Waals surface area contributed by atoms with Crippen LogP contribution in [-0.2, 0) is 6.42 Å². The monoisotopic (exact) mass is 464 g/mol. The Morgan fingerprint density at radius 3 is 2.60 bits per heavy atom. The van der Waals surface area contributed by atoms with Crippen LogP contribution in [0.15, 0.2) is 67.0 Å². The highest BCUT2D eigenvalue weighted by Gasteiger charge is 2.22. The van der Waals surface area contributed by atoms with Crippen molar-refractivity contribution in [2.45, 2.75) is 12.8 Å². The minimum Gasteiger partial charge on any atom is -0.365 e. The number of aromatic amines is 1. The number of nitrogens with zero attached hydrogens (tertiary/aromatic N) is 4. The summed E-state index contributed by atoms with van der Waals surface area (Å²) in [6.45, 7) is 11.7. The maximum Gasteiger partial charge on any atom is 0.252 e. The standard InChI is InChI=1S/C28H28N6O/c1-30-23-9-10-26-24(17-23)21(18-31-26)8-5-11-33-12-14-34(15-13-33)28-25(27(29)35)16-22(19-32-28)20-6-3-2-4-7-20/h2-4,6-7,9-10,16-19,31H,5,8,11-15H2,(H2,29,35). The largest absolute Gasteiger partial charge is 0.365 e. The molecule has 5 rings (SSSR count). The molecule has 0 bridgehead atoms. The SMILES string of the molecule is [C-]#[N+]c1ccc2[nH]cc(CCCN3CCN(c4ncc(-c5ccccc5)cc4C(N)=O)CC3)c2c1. The molecular weight excluding hydrogens is 436 g/mol. The first-order valence-electron chi connectivity index (χ1n) is 11.9. The Bertz CT molecular complexity index is 1380. The molecule has 4 aromatic rings. The van der Waals surface area contributed by atoms with Crippen LogP contribution in [0.4, 0.5) is 11.5 Å². The Morgan fingerprint density at radius 2 is 1.86 bits per heavy atom. The number of pyridine rings is 1. The minimum atomic E-state index is -0.451. The molecule has 0 unspecified atom stereocenters. The van der Waals surface area contributed by atoms with Gasteiger partial charge in [-0.1, -0.05) is 36.4 Å². The van der Waals surface area contributed by atoms with Crippen molar-refractivity contribution in [2.24, 2.45) is 5.73 Å². The van der Waals surface area contributed by atoms with Crippen LogP contribution in [0, 0.1) is 6.57 Å². The van der Waals surface area contributed by atoms with Gasteiger partial charge in [0.2, 0.25) is 0 Å². The number of aromatic nitrogens is 2. The summed E-state index contributed by atoms with van der Waals surface area (Å²) in [6.07, 6.45) is 5.90. The molecule has 1 saturated heterocycles. The number of hydrogen-bond donors (Lipinski definition) is 2. The Labute approximate surface area is 205 Å². The quantitative estimate of drug-likeness (QED) is 0.391. The molecule has 1 amide bonds. The van der Waals surface area contributed by atoms with Gasteiger partial charge in [-0.05, 0) is 54.1 Å². The molecule has 1 aliphatic heterocycles. The third kappa shape index (κ3) is 4.88. The number of benzene rings is 2. The van der Waals surface area contributed by atoms with Gasteiger partial charge in [-0.15, -0.1) is 0 Å². The van der Waals surface area contributed by atoms with E-state index in [1.165, 1.54) is 5.56 Å². The number of amides is 1. The number of anilines is 1. The van der Waals surface area contributed by atoms with Gasteiger partial charge in [0, 0.05) is 49.7 Å². The van der Waals surface area contributed by atoms with E-state index in [1.54, 1.807) is 0 Å². The molecule has 2 aromatic heterocycles. The first-order valence-corrected chi connectivity index (χ1v) is 11.9. The van der Waals surface area contributed by atoms with E-state index >= 15 is 0 Å². The molecule has 1 fully saturated rings. The van der Waals surface area contributed by atoms with E-state index in [-0.39, 0.29) is 0 Å². The van der Waals surface area contributed by atoms with Crippen LogP contribution in [0.1, 0.15) is 22.3 Å². The van der Waals surface area contributed by atoms with Crippen LogP contribution in [-0.4, -0.2) is 53.5 Å². The lowest BCUT2D eigenvalue weighted by molar-refractivity contribution is 0.1000. The molecule has 0 saturated carbocycles. The first-order chi connectivity index (χ1) is 17.1. The summed E-state index contributed by atoms with van der Waals surface area (Å²) in [5.74, 6) is 0.221. The fourth-order valence-electron chi connectivity index (χ4n) is 4.80. The van der Waals surface area contributed by atoms with Crippen LogP contribution in [0.5, 0.6) is 0 Å². The van der Waals surface area contributed by atoms with Crippen molar-refractivity contribution in [3.8, 4) is 11.1 Å². The Hall–Kier alpha value is -4.15. The second kappa shape index (κ2) is 10.00. The topological polar surface area (TPSA) is 82.6 Å². The van der Waals surface area contributed by atoms with Crippen LogP contribution < -0.4 is 10.6 Å². The Morgan fingerprint density at radius 1 is 1.06 bits per heavy atom. The van der Waals surface area contributed by atoms with Crippen molar-refractivity contribution >= 4 is 28.3 Å². The summed E-state index contributed by atoms with van der Waals surface area (Å²) in [5, 5.41) is 1.15. The molecule has 3 N–H and O–H groups in total. The molecule has 2 aromatic carbocycles. The molecule has 35 heavy (non-hydrogen) atoms. The van der Waals surface area contributed by atoms with E-state index in [9.17, 15) is 4.79 Å². The summed E-state index contributed by atoms with van der Waals surface area (Å²) in [6, 6.07) is 17.6. The van der Waals surface area contributed by atoms with Crippen LogP contribution in [0.25, 0.3) is 26.9 Å². The van der Waals surface area contributed by atoms with E-state index in [0.717, 1.165) is 67.6 Å². The van der Waals surface area contributed by atoms with Crippen LogP contribution in [0.3, 0.4) is 0 Å². The number of piperazine rings is 1. The van der Waals surface area contributed by atoms with Crippen LogP contribution >= 0.6 is 0 Å².